The number of nitrogens with zero attached hydrogens (tertiary/aromatic N) is 1. The number of anilines is 1. The molecule has 0 fully saturated rings. The summed E-state index contributed by atoms with van der Waals surface area (Å²) in [4.78, 5) is 0. The molecule has 1 aromatic carbocycles. The zero-order valence-corrected chi connectivity index (χ0v) is 7.30. The molecule has 0 unspecified atom stereocenters. The van der Waals surface area contributed by atoms with Gasteiger partial charge in [-0.15, -0.1) is 11.6 Å². The smallest absolute Gasteiger partial charge is 0.101 e. The first-order valence-corrected chi connectivity index (χ1v) is 4.21. The fourth-order valence-electron chi connectivity index (χ4n) is 0.917. The van der Waals surface area contributed by atoms with Gasteiger partial charge in [0.25, 0.3) is 0 Å². The highest BCUT2D eigenvalue weighted by atomic mass is 35.5. The summed E-state index contributed by atoms with van der Waals surface area (Å²) in [6.45, 7) is 0.681. The molecule has 0 aliphatic carbocycles. The van der Waals surface area contributed by atoms with Crippen LogP contribution in [0.2, 0.25) is 0 Å². The third-order valence-electron chi connectivity index (χ3n) is 1.46. The van der Waals surface area contributed by atoms with Crippen molar-refractivity contribution in [1.29, 1.82) is 5.26 Å². The van der Waals surface area contributed by atoms with Crippen molar-refractivity contribution in [1.82, 2.24) is 0 Å². The molecule has 2 nitrogen and oxygen atoms in total. The molecular formula is C9H9ClN2. The van der Waals surface area contributed by atoms with E-state index in [2.05, 4.69) is 11.4 Å². The Morgan fingerprint density at radius 3 is 2.83 bits per heavy atom. The van der Waals surface area contributed by atoms with Crippen LogP contribution >= 0.6 is 11.6 Å². The summed E-state index contributed by atoms with van der Waals surface area (Å²) in [5.41, 5.74) is 1.50. The number of para-hydroxylation sites is 1. The average molecular weight is 181 g/mol. The molecule has 0 heterocycles. The maximum absolute atomic E-state index is 8.69. The topological polar surface area (TPSA) is 35.8 Å². The Labute approximate surface area is 76.8 Å². The molecule has 0 aliphatic rings. The molecular weight excluding hydrogens is 172 g/mol. The van der Waals surface area contributed by atoms with E-state index in [9.17, 15) is 0 Å². The second-order valence-electron chi connectivity index (χ2n) is 2.27. The van der Waals surface area contributed by atoms with Crippen LogP contribution in [-0.2, 0) is 0 Å². The molecule has 0 aliphatic heterocycles. The summed E-state index contributed by atoms with van der Waals surface area (Å²) in [6.07, 6.45) is 0. The fraction of sp³-hybridized carbons (Fsp3) is 0.222. The summed E-state index contributed by atoms with van der Waals surface area (Å²) in [5, 5.41) is 11.8. The number of rotatable bonds is 3. The van der Waals surface area contributed by atoms with E-state index in [0.29, 0.717) is 18.0 Å². The molecule has 1 aromatic rings. The Morgan fingerprint density at radius 1 is 1.42 bits per heavy atom. The summed E-state index contributed by atoms with van der Waals surface area (Å²) >= 11 is 5.50. The summed E-state index contributed by atoms with van der Waals surface area (Å²) < 4.78 is 0. The normalized spacial score (nSPS) is 9.00. The van der Waals surface area contributed by atoms with E-state index < -0.39 is 0 Å². The molecule has 3 heteroatoms. The molecule has 0 amide bonds. The summed E-state index contributed by atoms with van der Waals surface area (Å²) in [6, 6.07) is 9.46. The third kappa shape index (κ3) is 2.14. The lowest BCUT2D eigenvalue weighted by Crippen LogP contribution is -2.03. The second-order valence-corrected chi connectivity index (χ2v) is 2.65. The Balaban J connectivity index is 2.77. The Hall–Kier alpha value is -1.20. The van der Waals surface area contributed by atoms with Crippen LogP contribution in [0, 0.1) is 11.3 Å². The van der Waals surface area contributed by atoms with E-state index in [-0.39, 0.29) is 0 Å². The van der Waals surface area contributed by atoms with Crippen LogP contribution in [0.4, 0.5) is 5.69 Å². The number of alkyl halides is 1. The standard InChI is InChI=1S/C9H9ClN2/c10-5-6-12-9-4-2-1-3-8(9)7-11/h1-4,12H,5-6H2. The van der Waals surface area contributed by atoms with E-state index in [1.165, 1.54) is 0 Å². The zero-order chi connectivity index (χ0) is 8.81. The second kappa shape index (κ2) is 4.63. The highest BCUT2D eigenvalue weighted by molar-refractivity contribution is 6.18. The number of hydrogen-bond acceptors (Lipinski definition) is 2. The lowest BCUT2D eigenvalue weighted by molar-refractivity contribution is 1.22. The average Bonchev–Trinajstić information content (AvgIpc) is 2.15. The number of nitriles is 1. The van der Waals surface area contributed by atoms with Gasteiger partial charge in [0.05, 0.1) is 11.3 Å². The van der Waals surface area contributed by atoms with Crippen LogP contribution in [0.3, 0.4) is 0 Å². The lowest BCUT2D eigenvalue weighted by Gasteiger charge is -2.04. The predicted molar refractivity (Wildman–Crippen MR) is 50.4 cm³/mol. The molecule has 0 saturated heterocycles. The number of benzene rings is 1. The van der Waals surface area contributed by atoms with Gasteiger partial charge in [-0.25, -0.2) is 0 Å². The minimum atomic E-state index is 0.541. The van der Waals surface area contributed by atoms with Crippen LogP contribution in [0.1, 0.15) is 5.56 Å². The third-order valence-corrected chi connectivity index (χ3v) is 1.65. The van der Waals surface area contributed by atoms with Crippen molar-refractivity contribution in [3.8, 4) is 6.07 Å². The Bertz CT molecular complexity index is 291. The first-order chi connectivity index (χ1) is 5.88. The SMILES string of the molecule is N#Cc1ccccc1NCCCl. The number of halogens is 1. The Kier molecular flexibility index (Phi) is 3.43. The van der Waals surface area contributed by atoms with E-state index in [0.717, 1.165) is 5.69 Å². The van der Waals surface area contributed by atoms with Gasteiger partial charge in [-0.05, 0) is 12.1 Å². The molecule has 0 atom stereocenters. The van der Waals surface area contributed by atoms with Crippen molar-refractivity contribution in [2.75, 3.05) is 17.7 Å². The highest BCUT2D eigenvalue weighted by Crippen LogP contribution is 2.12. The van der Waals surface area contributed by atoms with E-state index in [1.54, 1.807) is 6.07 Å². The van der Waals surface area contributed by atoms with Gasteiger partial charge >= 0.3 is 0 Å². The monoisotopic (exact) mass is 180 g/mol. The predicted octanol–water partition coefficient (Wildman–Crippen LogP) is 2.21. The fourth-order valence-corrected chi connectivity index (χ4v) is 1.01. The maximum Gasteiger partial charge on any atom is 0.101 e. The number of hydrogen-bond donors (Lipinski definition) is 1. The highest BCUT2D eigenvalue weighted by Gasteiger charge is 1.97. The minimum absolute atomic E-state index is 0.541. The van der Waals surface area contributed by atoms with Gasteiger partial charge in [-0.3, -0.25) is 0 Å². The summed E-state index contributed by atoms with van der Waals surface area (Å²) in [5.74, 6) is 0.541. The molecule has 1 rings (SSSR count). The molecule has 62 valence electrons. The van der Waals surface area contributed by atoms with Gasteiger partial charge < -0.3 is 5.32 Å². The van der Waals surface area contributed by atoms with E-state index in [1.807, 2.05) is 18.2 Å². The molecule has 12 heavy (non-hydrogen) atoms. The number of nitrogens with one attached hydrogen (secondary N) is 1. The summed E-state index contributed by atoms with van der Waals surface area (Å²) in [7, 11) is 0. The van der Waals surface area contributed by atoms with Crippen LogP contribution in [0.5, 0.6) is 0 Å². The van der Waals surface area contributed by atoms with Gasteiger partial charge in [0.15, 0.2) is 0 Å². The van der Waals surface area contributed by atoms with Crippen molar-refractivity contribution in [2.45, 2.75) is 0 Å². The maximum atomic E-state index is 8.69. The van der Waals surface area contributed by atoms with Crippen molar-refractivity contribution < 1.29 is 0 Å². The van der Waals surface area contributed by atoms with Crippen LogP contribution in [0.15, 0.2) is 24.3 Å². The molecule has 1 N–H and O–H groups in total. The van der Waals surface area contributed by atoms with Gasteiger partial charge in [0, 0.05) is 12.4 Å². The molecule has 0 aromatic heterocycles. The van der Waals surface area contributed by atoms with Crippen LogP contribution < -0.4 is 5.32 Å². The van der Waals surface area contributed by atoms with Crippen molar-refractivity contribution in [2.24, 2.45) is 0 Å². The van der Waals surface area contributed by atoms with Gasteiger partial charge in [-0.2, -0.15) is 5.26 Å². The first kappa shape index (κ1) is 8.89. The molecule has 0 radical (unpaired) electrons. The van der Waals surface area contributed by atoms with Crippen molar-refractivity contribution in [3.05, 3.63) is 29.8 Å². The lowest BCUT2D eigenvalue weighted by atomic mass is 10.2. The largest absolute Gasteiger partial charge is 0.383 e. The van der Waals surface area contributed by atoms with Gasteiger partial charge in [-0.1, -0.05) is 12.1 Å². The van der Waals surface area contributed by atoms with E-state index in [4.69, 9.17) is 16.9 Å². The minimum Gasteiger partial charge on any atom is -0.383 e. The molecule has 0 saturated carbocycles. The van der Waals surface area contributed by atoms with E-state index >= 15 is 0 Å². The van der Waals surface area contributed by atoms with Crippen LogP contribution in [0.25, 0.3) is 0 Å². The van der Waals surface area contributed by atoms with Crippen LogP contribution in [-0.4, -0.2) is 12.4 Å². The zero-order valence-electron chi connectivity index (χ0n) is 6.55. The van der Waals surface area contributed by atoms with Crippen molar-refractivity contribution in [3.63, 3.8) is 0 Å². The quantitative estimate of drug-likeness (QED) is 0.724. The van der Waals surface area contributed by atoms with Gasteiger partial charge in [0.1, 0.15) is 6.07 Å². The molecule has 0 bridgehead atoms. The first-order valence-electron chi connectivity index (χ1n) is 3.67. The van der Waals surface area contributed by atoms with Crippen molar-refractivity contribution >= 4 is 17.3 Å². The van der Waals surface area contributed by atoms with Gasteiger partial charge in [0.2, 0.25) is 0 Å². The molecule has 0 spiro atoms. The Morgan fingerprint density at radius 2 is 2.17 bits per heavy atom.